The van der Waals surface area contributed by atoms with Crippen LogP contribution in [-0.4, -0.2) is 24.9 Å². The van der Waals surface area contributed by atoms with Gasteiger partial charge >= 0.3 is 0 Å². The van der Waals surface area contributed by atoms with Gasteiger partial charge in [-0.15, -0.1) is 0 Å². The third kappa shape index (κ3) is 2.37. The lowest BCUT2D eigenvalue weighted by Gasteiger charge is -2.08. The van der Waals surface area contributed by atoms with Crippen LogP contribution in [0.1, 0.15) is 5.56 Å². The van der Waals surface area contributed by atoms with Gasteiger partial charge in [-0.1, -0.05) is 6.07 Å². The van der Waals surface area contributed by atoms with Crippen molar-refractivity contribution in [2.45, 2.75) is 11.3 Å². The second kappa shape index (κ2) is 4.51. The molecule has 0 bridgehead atoms. The van der Waals surface area contributed by atoms with E-state index in [0.717, 1.165) is 24.2 Å². The first-order valence-electron chi connectivity index (χ1n) is 5.81. The highest BCUT2D eigenvalue weighted by atomic mass is 32.2. The van der Waals surface area contributed by atoms with Gasteiger partial charge in [-0.05, 0) is 24.1 Å². The first-order valence-corrected chi connectivity index (χ1v) is 7.29. The van der Waals surface area contributed by atoms with Crippen molar-refractivity contribution in [1.82, 2.24) is 9.97 Å². The number of benzene rings is 1. The molecule has 1 aliphatic rings. The first-order chi connectivity index (χ1) is 9.15. The average Bonchev–Trinajstić information content (AvgIpc) is 2.86. The lowest BCUT2D eigenvalue weighted by Crippen LogP contribution is -2.14. The molecule has 3 rings (SSSR count). The van der Waals surface area contributed by atoms with E-state index in [1.807, 2.05) is 6.07 Å². The van der Waals surface area contributed by atoms with Gasteiger partial charge in [-0.3, -0.25) is 9.71 Å². The molecule has 0 fully saturated rings. The topological polar surface area (TPSA) is 84.0 Å². The van der Waals surface area contributed by atoms with Crippen LogP contribution in [0.15, 0.2) is 41.7 Å². The highest BCUT2D eigenvalue weighted by molar-refractivity contribution is 7.92. The average molecular weight is 276 g/mol. The number of fused-ring (bicyclic) bond motifs is 1. The number of hydrogen-bond donors (Lipinski definition) is 2. The minimum absolute atomic E-state index is 0.205. The summed E-state index contributed by atoms with van der Waals surface area (Å²) in [5.74, 6) is 0.205. The van der Waals surface area contributed by atoms with Gasteiger partial charge in [-0.2, -0.15) is 0 Å². The van der Waals surface area contributed by atoms with E-state index in [0.29, 0.717) is 0 Å². The van der Waals surface area contributed by atoms with Crippen molar-refractivity contribution in [2.75, 3.05) is 16.6 Å². The summed E-state index contributed by atoms with van der Waals surface area (Å²) in [5.41, 5.74) is 2.01. The van der Waals surface area contributed by atoms with Crippen molar-refractivity contribution >= 4 is 21.5 Å². The lowest BCUT2D eigenvalue weighted by molar-refractivity contribution is 0.601. The number of rotatable bonds is 3. The second-order valence-corrected chi connectivity index (χ2v) is 5.87. The number of nitrogens with zero attached hydrogens (tertiary/aromatic N) is 2. The molecule has 98 valence electrons. The van der Waals surface area contributed by atoms with Gasteiger partial charge in [0.25, 0.3) is 10.0 Å². The molecule has 1 aromatic heterocycles. The molecule has 19 heavy (non-hydrogen) atoms. The Morgan fingerprint density at radius 3 is 2.95 bits per heavy atom. The summed E-state index contributed by atoms with van der Waals surface area (Å²) in [6, 6.07) is 5.08. The zero-order valence-electron chi connectivity index (χ0n) is 10.00. The Balaban J connectivity index is 1.92. The molecule has 1 aromatic carbocycles. The molecule has 1 aliphatic heterocycles. The number of anilines is 2. The summed E-state index contributed by atoms with van der Waals surface area (Å²) in [6.07, 6.45) is 5.20. The molecule has 0 atom stereocenters. The van der Waals surface area contributed by atoms with Crippen LogP contribution < -0.4 is 10.0 Å². The molecule has 0 amide bonds. The van der Waals surface area contributed by atoms with Crippen molar-refractivity contribution in [3.63, 3.8) is 0 Å². The van der Waals surface area contributed by atoms with Crippen LogP contribution in [0.4, 0.5) is 11.5 Å². The fourth-order valence-corrected chi connectivity index (χ4v) is 3.00. The van der Waals surface area contributed by atoms with Crippen LogP contribution >= 0.6 is 0 Å². The Labute approximate surface area is 111 Å². The van der Waals surface area contributed by atoms with Crippen LogP contribution in [0.3, 0.4) is 0 Å². The van der Waals surface area contributed by atoms with Crippen molar-refractivity contribution in [3.8, 4) is 0 Å². The van der Waals surface area contributed by atoms with E-state index in [4.69, 9.17) is 0 Å². The van der Waals surface area contributed by atoms with E-state index in [1.54, 1.807) is 12.1 Å². The second-order valence-electron chi connectivity index (χ2n) is 4.19. The van der Waals surface area contributed by atoms with E-state index in [-0.39, 0.29) is 10.7 Å². The Morgan fingerprint density at radius 2 is 2.16 bits per heavy atom. The van der Waals surface area contributed by atoms with Crippen LogP contribution in [0.25, 0.3) is 0 Å². The summed E-state index contributed by atoms with van der Waals surface area (Å²) in [4.78, 5) is 7.93. The zero-order chi connectivity index (χ0) is 13.3. The van der Waals surface area contributed by atoms with Crippen molar-refractivity contribution in [1.29, 1.82) is 0 Å². The minimum atomic E-state index is -3.63. The lowest BCUT2D eigenvalue weighted by atomic mass is 10.2. The van der Waals surface area contributed by atoms with Gasteiger partial charge in [0, 0.05) is 24.6 Å². The van der Waals surface area contributed by atoms with Gasteiger partial charge in [0.15, 0.2) is 5.82 Å². The third-order valence-corrected chi connectivity index (χ3v) is 4.26. The smallest absolute Gasteiger partial charge is 0.263 e. The van der Waals surface area contributed by atoms with Crippen molar-refractivity contribution < 1.29 is 8.42 Å². The van der Waals surface area contributed by atoms with Crippen LogP contribution in [0, 0.1) is 0 Å². The zero-order valence-corrected chi connectivity index (χ0v) is 10.8. The molecule has 7 heteroatoms. The summed E-state index contributed by atoms with van der Waals surface area (Å²) < 4.78 is 26.8. The molecule has 0 spiro atoms. The standard InChI is InChI=1S/C12H12N4O2S/c17-19(18,16-12-8-13-5-6-15-12)10-2-1-9-3-4-14-11(9)7-10/h1-2,5-8,14H,3-4H2,(H,15,16). The third-order valence-electron chi connectivity index (χ3n) is 2.90. The van der Waals surface area contributed by atoms with Crippen LogP contribution in [0.2, 0.25) is 0 Å². The van der Waals surface area contributed by atoms with Gasteiger partial charge in [0.05, 0.1) is 11.1 Å². The fourth-order valence-electron chi connectivity index (χ4n) is 1.99. The molecule has 0 saturated carbocycles. The van der Waals surface area contributed by atoms with Crippen LogP contribution in [0.5, 0.6) is 0 Å². The van der Waals surface area contributed by atoms with Gasteiger partial charge in [0.1, 0.15) is 0 Å². The minimum Gasteiger partial charge on any atom is -0.384 e. The number of hydrogen-bond acceptors (Lipinski definition) is 5. The normalized spacial score (nSPS) is 13.7. The Morgan fingerprint density at radius 1 is 1.26 bits per heavy atom. The molecule has 6 nitrogen and oxygen atoms in total. The Bertz CT molecular complexity index is 701. The molecular formula is C12H12N4O2S. The van der Waals surface area contributed by atoms with E-state index in [1.165, 1.54) is 18.6 Å². The summed E-state index contributed by atoms with van der Waals surface area (Å²) in [7, 11) is -3.63. The summed E-state index contributed by atoms with van der Waals surface area (Å²) in [6.45, 7) is 0.844. The Hall–Kier alpha value is -2.15. The number of aromatic nitrogens is 2. The quantitative estimate of drug-likeness (QED) is 0.881. The maximum atomic E-state index is 12.2. The van der Waals surface area contributed by atoms with Gasteiger partial charge in [0.2, 0.25) is 0 Å². The number of nitrogens with one attached hydrogen (secondary N) is 2. The monoisotopic (exact) mass is 276 g/mol. The predicted octanol–water partition coefficient (Wildman–Crippen LogP) is 1.25. The molecule has 0 radical (unpaired) electrons. The molecule has 2 N–H and O–H groups in total. The molecule has 0 aliphatic carbocycles. The Kier molecular flexibility index (Phi) is 2.83. The van der Waals surface area contributed by atoms with E-state index < -0.39 is 10.0 Å². The molecule has 2 aromatic rings. The first kappa shape index (κ1) is 11.9. The summed E-state index contributed by atoms with van der Waals surface area (Å²) in [5, 5.41) is 3.16. The highest BCUT2D eigenvalue weighted by Crippen LogP contribution is 2.26. The van der Waals surface area contributed by atoms with Gasteiger partial charge < -0.3 is 5.32 Å². The van der Waals surface area contributed by atoms with Crippen LogP contribution in [-0.2, 0) is 16.4 Å². The van der Waals surface area contributed by atoms with Crippen molar-refractivity contribution in [2.24, 2.45) is 0 Å². The van der Waals surface area contributed by atoms with Crippen molar-refractivity contribution in [3.05, 3.63) is 42.4 Å². The maximum absolute atomic E-state index is 12.2. The largest absolute Gasteiger partial charge is 0.384 e. The predicted molar refractivity (Wildman–Crippen MR) is 71.5 cm³/mol. The summed E-state index contributed by atoms with van der Waals surface area (Å²) >= 11 is 0. The van der Waals surface area contributed by atoms with E-state index >= 15 is 0 Å². The molecule has 0 saturated heterocycles. The van der Waals surface area contributed by atoms with E-state index in [2.05, 4.69) is 20.0 Å². The SMILES string of the molecule is O=S(=O)(Nc1cnccn1)c1ccc2c(c1)NCC2. The fraction of sp³-hybridized carbons (Fsp3) is 0.167. The maximum Gasteiger partial charge on any atom is 0.263 e. The van der Waals surface area contributed by atoms with Gasteiger partial charge in [-0.25, -0.2) is 13.4 Å². The molecule has 2 heterocycles. The van der Waals surface area contributed by atoms with E-state index in [9.17, 15) is 8.42 Å². The molecule has 0 unspecified atom stereocenters. The molecular weight excluding hydrogens is 264 g/mol. The highest BCUT2D eigenvalue weighted by Gasteiger charge is 2.18. The number of sulfonamides is 1.